The molecule has 26 heavy (non-hydrogen) atoms. The second-order valence-corrected chi connectivity index (χ2v) is 5.92. The van der Waals surface area contributed by atoms with Gasteiger partial charge in [0.25, 0.3) is 0 Å². The van der Waals surface area contributed by atoms with Crippen LogP contribution < -0.4 is 10.2 Å². The Labute approximate surface area is 151 Å². The van der Waals surface area contributed by atoms with E-state index in [4.69, 9.17) is 0 Å². The Balaban J connectivity index is 1.41. The summed E-state index contributed by atoms with van der Waals surface area (Å²) >= 11 is 0. The Morgan fingerprint density at radius 3 is 2.42 bits per heavy atom. The van der Waals surface area contributed by atoms with E-state index in [1.807, 2.05) is 36.5 Å². The minimum atomic E-state index is -0.113. The molecule has 1 aliphatic rings. The molecule has 8 heteroatoms. The maximum Gasteiger partial charge on any atom is 0.322 e. The Morgan fingerprint density at radius 1 is 0.923 bits per heavy atom. The van der Waals surface area contributed by atoms with Crippen LogP contribution >= 0.6 is 0 Å². The second-order valence-electron chi connectivity index (χ2n) is 5.92. The second kappa shape index (κ2) is 7.22. The fourth-order valence-corrected chi connectivity index (χ4v) is 2.95. The van der Waals surface area contributed by atoms with Gasteiger partial charge in [0.05, 0.1) is 11.4 Å². The highest BCUT2D eigenvalue weighted by atomic mass is 16.2. The molecule has 132 valence electrons. The van der Waals surface area contributed by atoms with Gasteiger partial charge >= 0.3 is 6.03 Å². The molecule has 3 heterocycles. The number of benzene rings is 1. The summed E-state index contributed by atoms with van der Waals surface area (Å²) < 4.78 is 1.74. The first-order chi connectivity index (χ1) is 12.8. The number of anilines is 2. The topological polar surface area (TPSA) is 79.2 Å². The average Bonchev–Trinajstić information content (AvgIpc) is 3.24. The van der Waals surface area contributed by atoms with Crippen molar-refractivity contribution in [2.24, 2.45) is 0 Å². The molecule has 0 atom stereocenters. The van der Waals surface area contributed by atoms with Crippen LogP contribution in [0.4, 0.5) is 16.4 Å². The van der Waals surface area contributed by atoms with Crippen molar-refractivity contribution in [1.82, 2.24) is 24.6 Å². The average molecular weight is 349 g/mol. The van der Waals surface area contributed by atoms with Gasteiger partial charge in [-0.1, -0.05) is 12.1 Å². The Morgan fingerprint density at radius 2 is 1.69 bits per heavy atom. The van der Waals surface area contributed by atoms with E-state index in [0.717, 1.165) is 11.4 Å². The summed E-state index contributed by atoms with van der Waals surface area (Å²) in [6.07, 6.45) is 7.02. The van der Waals surface area contributed by atoms with E-state index < -0.39 is 0 Å². The summed E-state index contributed by atoms with van der Waals surface area (Å²) in [7, 11) is 0. The number of carbonyl (C=O) groups is 1. The number of urea groups is 1. The first-order valence-corrected chi connectivity index (χ1v) is 8.48. The lowest BCUT2D eigenvalue weighted by Gasteiger charge is -2.34. The molecule has 3 aromatic rings. The van der Waals surface area contributed by atoms with Crippen molar-refractivity contribution in [3.63, 3.8) is 0 Å². The third-order valence-corrected chi connectivity index (χ3v) is 4.30. The number of piperazine rings is 1. The monoisotopic (exact) mass is 349 g/mol. The first kappa shape index (κ1) is 16.1. The molecule has 0 aliphatic carbocycles. The third kappa shape index (κ3) is 3.34. The van der Waals surface area contributed by atoms with E-state index in [0.29, 0.717) is 32.1 Å². The van der Waals surface area contributed by atoms with Gasteiger partial charge in [0.15, 0.2) is 0 Å². The van der Waals surface area contributed by atoms with Crippen LogP contribution in [0.15, 0.2) is 61.2 Å². The van der Waals surface area contributed by atoms with Gasteiger partial charge in [0.2, 0.25) is 5.95 Å². The zero-order valence-electron chi connectivity index (χ0n) is 14.2. The molecule has 0 saturated carbocycles. The van der Waals surface area contributed by atoms with Crippen LogP contribution in [-0.2, 0) is 0 Å². The first-order valence-electron chi connectivity index (χ1n) is 8.48. The van der Waals surface area contributed by atoms with Crippen LogP contribution in [0.3, 0.4) is 0 Å². The molecule has 1 saturated heterocycles. The van der Waals surface area contributed by atoms with Crippen molar-refractivity contribution in [3.05, 3.63) is 61.2 Å². The standard InChI is InChI=1S/C18H19N7O/c26-18(22-15-5-1-2-6-16(15)25-10-4-9-21-25)24-13-11-23(12-14-24)17-19-7-3-8-20-17/h1-10H,11-14H2,(H,22,26). The van der Waals surface area contributed by atoms with Gasteiger partial charge in [-0.05, 0) is 24.3 Å². The highest BCUT2D eigenvalue weighted by molar-refractivity contribution is 5.91. The Kier molecular flexibility index (Phi) is 4.46. The molecule has 1 aliphatic heterocycles. The summed E-state index contributed by atoms with van der Waals surface area (Å²) in [5.74, 6) is 0.705. The number of hydrogen-bond donors (Lipinski definition) is 1. The summed E-state index contributed by atoms with van der Waals surface area (Å²) in [5.41, 5.74) is 1.57. The summed E-state index contributed by atoms with van der Waals surface area (Å²) in [5, 5.41) is 7.24. The lowest BCUT2D eigenvalue weighted by Crippen LogP contribution is -2.50. The summed E-state index contributed by atoms with van der Waals surface area (Å²) in [6, 6.07) is 11.2. The van der Waals surface area contributed by atoms with Crippen molar-refractivity contribution in [2.75, 3.05) is 36.4 Å². The molecule has 0 unspecified atom stereocenters. The van der Waals surface area contributed by atoms with Gasteiger partial charge in [0, 0.05) is 51.0 Å². The Hall–Kier alpha value is -3.42. The fraction of sp³-hybridized carbons (Fsp3) is 0.222. The van der Waals surface area contributed by atoms with Gasteiger partial charge in [-0.3, -0.25) is 0 Å². The number of para-hydroxylation sites is 2. The van der Waals surface area contributed by atoms with Crippen LogP contribution in [0.5, 0.6) is 0 Å². The molecule has 2 amide bonds. The SMILES string of the molecule is O=C(Nc1ccccc1-n1cccn1)N1CCN(c2ncccn2)CC1. The van der Waals surface area contributed by atoms with Gasteiger partial charge < -0.3 is 15.1 Å². The largest absolute Gasteiger partial charge is 0.337 e. The Bertz CT molecular complexity index is 858. The van der Waals surface area contributed by atoms with Crippen LogP contribution in [0.25, 0.3) is 5.69 Å². The minimum absolute atomic E-state index is 0.113. The number of hydrogen-bond acceptors (Lipinski definition) is 5. The molecule has 1 aromatic carbocycles. The summed E-state index contributed by atoms with van der Waals surface area (Å²) in [4.78, 5) is 25.1. The number of nitrogens with zero attached hydrogens (tertiary/aromatic N) is 6. The van der Waals surface area contributed by atoms with Crippen LogP contribution in [0, 0.1) is 0 Å². The number of carbonyl (C=O) groups excluding carboxylic acids is 1. The maximum absolute atomic E-state index is 12.7. The minimum Gasteiger partial charge on any atom is -0.337 e. The molecule has 8 nitrogen and oxygen atoms in total. The van der Waals surface area contributed by atoms with Gasteiger partial charge in [-0.15, -0.1) is 0 Å². The van der Waals surface area contributed by atoms with Crippen molar-refractivity contribution < 1.29 is 4.79 Å². The molecule has 4 rings (SSSR count). The van der Waals surface area contributed by atoms with Gasteiger partial charge in [-0.2, -0.15) is 5.10 Å². The van der Waals surface area contributed by atoms with Crippen LogP contribution in [0.2, 0.25) is 0 Å². The van der Waals surface area contributed by atoms with Gasteiger partial charge in [0.1, 0.15) is 0 Å². The molecular weight excluding hydrogens is 330 g/mol. The number of nitrogens with one attached hydrogen (secondary N) is 1. The normalized spacial score (nSPS) is 14.3. The van der Waals surface area contributed by atoms with E-state index in [2.05, 4.69) is 25.3 Å². The predicted octanol–water partition coefficient (Wildman–Crippen LogP) is 2.02. The predicted molar refractivity (Wildman–Crippen MR) is 98.4 cm³/mol. The highest BCUT2D eigenvalue weighted by Gasteiger charge is 2.23. The third-order valence-electron chi connectivity index (χ3n) is 4.30. The number of amides is 2. The fourth-order valence-electron chi connectivity index (χ4n) is 2.95. The van der Waals surface area contributed by atoms with Crippen molar-refractivity contribution >= 4 is 17.7 Å². The quantitative estimate of drug-likeness (QED) is 0.782. The van der Waals surface area contributed by atoms with E-state index in [9.17, 15) is 4.79 Å². The molecule has 2 aromatic heterocycles. The van der Waals surface area contributed by atoms with Crippen molar-refractivity contribution in [2.45, 2.75) is 0 Å². The van der Waals surface area contributed by atoms with E-state index >= 15 is 0 Å². The number of aromatic nitrogens is 4. The van der Waals surface area contributed by atoms with Crippen molar-refractivity contribution in [3.8, 4) is 5.69 Å². The maximum atomic E-state index is 12.7. The molecular formula is C18H19N7O. The van der Waals surface area contributed by atoms with E-state index in [1.54, 1.807) is 34.2 Å². The molecule has 0 radical (unpaired) electrons. The van der Waals surface area contributed by atoms with Crippen molar-refractivity contribution in [1.29, 1.82) is 0 Å². The van der Waals surface area contributed by atoms with Crippen LogP contribution in [-0.4, -0.2) is 56.9 Å². The molecule has 0 spiro atoms. The van der Waals surface area contributed by atoms with Crippen LogP contribution in [0.1, 0.15) is 0 Å². The zero-order valence-corrected chi connectivity index (χ0v) is 14.2. The molecule has 0 bridgehead atoms. The highest BCUT2D eigenvalue weighted by Crippen LogP contribution is 2.20. The zero-order chi connectivity index (χ0) is 17.8. The van der Waals surface area contributed by atoms with Gasteiger partial charge in [-0.25, -0.2) is 19.4 Å². The lowest BCUT2D eigenvalue weighted by atomic mass is 10.2. The summed E-state index contributed by atoms with van der Waals surface area (Å²) in [6.45, 7) is 2.65. The molecule has 1 N–H and O–H groups in total. The van der Waals surface area contributed by atoms with E-state index in [1.165, 1.54) is 0 Å². The van der Waals surface area contributed by atoms with E-state index in [-0.39, 0.29) is 6.03 Å². The number of rotatable bonds is 3. The smallest absolute Gasteiger partial charge is 0.322 e. The lowest BCUT2D eigenvalue weighted by molar-refractivity contribution is 0.208. The molecule has 1 fully saturated rings.